The normalized spacial score (nSPS) is 37.6. The van der Waals surface area contributed by atoms with Crippen molar-refractivity contribution < 1.29 is 40.1 Å². The molecule has 0 saturated carbocycles. The molecule has 4 heterocycles. The van der Waals surface area contributed by atoms with Gasteiger partial charge in [0.2, 0.25) is 0 Å². The Morgan fingerprint density at radius 3 is 2.03 bits per heavy atom. The van der Waals surface area contributed by atoms with Crippen LogP contribution in [0.2, 0.25) is 0 Å². The van der Waals surface area contributed by atoms with Gasteiger partial charge in [0.1, 0.15) is 42.1 Å². The third-order valence-corrected chi connectivity index (χ3v) is 5.22. The number of hydrogen-bond donors (Lipinski definition) is 7. The van der Waals surface area contributed by atoms with Gasteiger partial charge < -0.3 is 40.1 Å². The lowest BCUT2D eigenvalue weighted by Crippen LogP contribution is -2.39. The molecular weight excluding hydrogens is 396 g/mol. The van der Waals surface area contributed by atoms with E-state index >= 15 is 0 Å². The molecule has 14 nitrogen and oxygen atoms in total. The number of rotatable bonds is 4. The SMILES string of the molecule is O=c1[nH]n([C@@H]2O[C@H](CO)[C@@H](O)[C@H]2O)c(=O)c2ncn([C@@H]3O[C@H](CO)[C@@H](O)[C@H]3O)c12. The van der Waals surface area contributed by atoms with Gasteiger partial charge in [0, 0.05) is 0 Å². The fourth-order valence-electron chi connectivity index (χ4n) is 3.64. The molecule has 0 radical (unpaired) electrons. The summed E-state index contributed by atoms with van der Waals surface area (Å²) in [6.45, 7) is -1.19. The zero-order chi connectivity index (χ0) is 21.0. The maximum Gasteiger partial charge on any atom is 0.295 e. The number of aromatic amines is 1. The molecule has 2 saturated heterocycles. The van der Waals surface area contributed by atoms with Crippen LogP contribution in [0, 0.1) is 0 Å². The highest BCUT2D eigenvalue weighted by molar-refractivity contribution is 5.72. The molecule has 2 aromatic heterocycles. The summed E-state index contributed by atoms with van der Waals surface area (Å²) < 4.78 is 12.3. The largest absolute Gasteiger partial charge is 0.394 e. The zero-order valence-corrected chi connectivity index (χ0v) is 14.8. The number of hydrogen-bond acceptors (Lipinski definition) is 11. The summed E-state index contributed by atoms with van der Waals surface area (Å²) in [5.74, 6) is 0. The van der Waals surface area contributed by atoms with Crippen LogP contribution < -0.4 is 11.1 Å². The second-order valence-corrected chi connectivity index (χ2v) is 6.92. The molecule has 0 aromatic carbocycles. The predicted molar refractivity (Wildman–Crippen MR) is 90.6 cm³/mol. The quantitative estimate of drug-likeness (QED) is 0.251. The number of ether oxygens (including phenoxy) is 2. The highest BCUT2D eigenvalue weighted by atomic mass is 16.6. The van der Waals surface area contributed by atoms with Gasteiger partial charge in [0.05, 0.1) is 19.5 Å². The van der Waals surface area contributed by atoms with Crippen molar-refractivity contribution >= 4 is 11.0 Å². The van der Waals surface area contributed by atoms with Crippen molar-refractivity contribution in [3.63, 3.8) is 0 Å². The Morgan fingerprint density at radius 1 is 0.931 bits per heavy atom. The van der Waals surface area contributed by atoms with E-state index in [1.807, 2.05) is 0 Å². The molecule has 8 atom stereocenters. The fourth-order valence-corrected chi connectivity index (χ4v) is 3.64. The lowest BCUT2D eigenvalue weighted by Gasteiger charge is -2.18. The van der Waals surface area contributed by atoms with Gasteiger partial charge in [-0.3, -0.25) is 19.3 Å². The van der Waals surface area contributed by atoms with Crippen molar-refractivity contribution in [1.82, 2.24) is 19.3 Å². The first kappa shape index (κ1) is 20.1. The number of aliphatic hydroxyl groups is 6. The highest BCUT2D eigenvalue weighted by Gasteiger charge is 2.46. The molecule has 0 aliphatic carbocycles. The molecule has 2 aliphatic heterocycles. The molecule has 2 aliphatic rings. The molecule has 29 heavy (non-hydrogen) atoms. The summed E-state index contributed by atoms with van der Waals surface area (Å²) >= 11 is 0. The van der Waals surface area contributed by atoms with E-state index in [4.69, 9.17) is 9.47 Å². The molecular formula is C15H20N4O10. The fraction of sp³-hybridized carbons (Fsp3) is 0.667. The lowest BCUT2D eigenvalue weighted by molar-refractivity contribution is -0.0611. The van der Waals surface area contributed by atoms with E-state index in [2.05, 4.69) is 10.1 Å². The van der Waals surface area contributed by atoms with Crippen molar-refractivity contribution in [3.05, 3.63) is 27.0 Å². The zero-order valence-electron chi connectivity index (χ0n) is 14.8. The summed E-state index contributed by atoms with van der Waals surface area (Å²) in [4.78, 5) is 29.3. The number of aliphatic hydroxyl groups excluding tert-OH is 6. The molecule has 14 heteroatoms. The van der Waals surface area contributed by atoms with Crippen LogP contribution >= 0.6 is 0 Å². The molecule has 4 rings (SSSR count). The molecule has 0 spiro atoms. The summed E-state index contributed by atoms with van der Waals surface area (Å²) in [5.41, 5.74) is -2.34. The smallest absolute Gasteiger partial charge is 0.295 e. The van der Waals surface area contributed by atoms with Crippen molar-refractivity contribution in [3.8, 4) is 0 Å². The Hall–Kier alpha value is -2.17. The Balaban J connectivity index is 1.78. The molecule has 0 amide bonds. The van der Waals surface area contributed by atoms with Gasteiger partial charge in [-0.15, -0.1) is 0 Å². The molecule has 0 unspecified atom stereocenters. The van der Waals surface area contributed by atoms with E-state index < -0.39 is 73.4 Å². The minimum Gasteiger partial charge on any atom is -0.394 e. The van der Waals surface area contributed by atoms with Crippen LogP contribution in [0.4, 0.5) is 0 Å². The number of fused-ring (bicyclic) bond motifs is 1. The summed E-state index contributed by atoms with van der Waals surface area (Å²) in [6, 6.07) is 0. The lowest BCUT2D eigenvalue weighted by atomic mass is 10.1. The van der Waals surface area contributed by atoms with Crippen LogP contribution in [-0.4, -0.2) is 99.8 Å². The molecule has 0 bridgehead atoms. The van der Waals surface area contributed by atoms with Gasteiger partial charge in [0.25, 0.3) is 11.1 Å². The maximum absolute atomic E-state index is 12.8. The summed E-state index contributed by atoms with van der Waals surface area (Å²) in [6.07, 6.45) is -9.92. The number of nitrogens with zero attached hydrogens (tertiary/aromatic N) is 3. The van der Waals surface area contributed by atoms with E-state index in [0.717, 1.165) is 10.9 Å². The maximum atomic E-state index is 12.8. The number of aromatic nitrogens is 4. The van der Waals surface area contributed by atoms with Crippen molar-refractivity contribution in [1.29, 1.82) is 0 Å². The minimum absolute atomic E-state index is 0.271. The Kier molecular flexibility index (Phi) is 5.04. The minimum atomic E-state index is -1.60. The Morgan fingerprint density at radius 2 is 1.48 bits per heavy atom. The van der Waals surface area contributed by atoms with Gasteiger partial charge in [-0.25, -0.2) is 9.67 Å². The van der Waals surface area contributed by atoms with E-state index in [-0.39, 0.29) is 11.0 Å². The van der Waals surface area contributed by atoms with Gasteiger partial charge in [-0.1, -0.05) is 0 Å². The molecule has 2 fully saturated rings. The highest BCUT2D eigenvalue weighted by Crippen LogP contribution is 2.31. The van der Waals surface area contributed by atoms with E-state index in [0.29, 0.717) is 4.68 Å². The molecule has 160 valence electrons. The Bertz CT molecular complexity index is 1020. The van der Waals surface area contributed by atoms with Crippen molar-refractivity contribution in [2.45, 2.75) is 49.1 Å². The number of imidazole rings is 1. The van der Waals surface area contributed by atoms with Crippen molar-refractivity contribution in [2.75, 3.05) is 13.2 Å². The third-order valence-electron chi connectivity index (χ3n) is 5.22. The van der Waals surface area contributed by atoms with E-state index in [1.54, 1.807) is 0 Å². The number of H-pyrrole nitrogens is 1. The first-order valence-electron chi connectivity index (χ1n) is 8.76. The topological polar surface area (TPSA) is 213 Å². The monoisotopic (exact) mass is 416 g/mol. The van der Waals surface area contributed by atoms with Gasteiger partial charge >= 0.3 is 0 Å². The summed E-state index contributed by atoms with van der Waals surface area (Å²) in [5, 5.41) is 60.6. The molecule has 2 aromatic rings. The number of nitrogens with one attached hydrogen (secondary N) is 1. The van der Waals surface area contributed by atoms with Gasteiger partial charge in [-0.05, 0) is 0 Å². The van der Waals surface area contributed by atoms with Crippen LogP contribution in [0.15, 0.2) is 15.9 Å². The molecule has 7 N–H and O–H groups in total. The van der Waals surface area contributed by atoms with Crippen LogP contribution in [-0.2, 0) is 9.47 Å². The van der Waals surface area contributed by atoms with E-state index in [1.165, 1.54) is 0 Å². The van der Waals surface area contributed by atoms with E-state index in [9.17, 15) is 40.2 Å². The van der Waals surface area contributed by atoms with Crippen LogP contribution in [0.5, 0.6) is 0 Å². The van der Waals surface area contributed by atoms with Crippen molar-refractivity contribution in [2.24, 2.45) is 0 Å². The van der Waals surface area contributed by atoms with Gasteiger partial charge in [-0.2, -0.15) is 0 Å². The summed E-state index contributed by atoms with van der Waals surface area (Å²) in [7, 11) is 0. The second-order valence-electron chi connectivity index (χ2n) is 6.92. The Labute approximate surface area is 160 Å². The van der Waals surface area contributed by atoms with Gasteiger partial charge in [0.15, 0.2) is 18.0 Å². The average molecular weight is 416 g/mol. The van der Waals surface area contributed by atoms with Crippen LogP contribution in [0.3, 0.4) is 0 Å². The first-order chi connectivity index (χ1) is 13.8. The standard InChI is InChI=1S/C15H20N4O10/c20-1-4-8(22)10(24)14(28-4)18-3-16-6-7(18)12(26)17-19(13(6)27)15-11(25)9(23)5(2-21)29-15/h3-5,8-11,14-15,20-25H,1-2H2,(H,17,26)/t4-,5-,8-,9-,10-,11-,14-,15-/m1/s1. The van der Waals surface area contributed by atoms with Crippen LogP contribution in [0.1, 0.15) is 12.5 Å². The van der Waals surface area contributed by atoms with Crippen LogP contribution in [0.25, 0.3) is 11.0 Å². The average Bonchev–Trinajstić information content (AvgIpc) is 3.35. The second kappa shape index (κ2) is 7.26. The first-order valence-corrected chi connectivity index (χ1v) is 8.76. The predicted octanol–water partition coefficient (Wildman–Crippen LogP) is -4.89. The third kappa shape index (κ3) is 2.92.